The molecular formula is C20H25N3O2. The van der Waals surface area contributed by atoms with Crippen molar-refractivity contribution in [2.45, 2.75) is 20.3 Å². The van der Waals surface area contributed by atoms with Gasteiger partial charge in [-0.15, -0.1) is 0 Å². The summed E-state index contributed by atoms with van der Waals surface area (Å²) in [7, 11) is 1.83. The molecule has 0 fully saturated rings. The second-order valence-electron chi connectivity index (χ2n) is 6.20. The number of para-hydroxylation sites is 1. The summed E-state index contributed by atoms with van der Waals surface area (Å²) >= 11 is 0. The molecule has 25 heavy (non-hydrogen) atoms. The van der Waals surface area contributed by atoms with Gasteiger partial charge in [0.05, 0.1) is 6.54 Å². The van der Waals surface area contributed by atoms with Crippen LogP contribution in [-0.2, 0) is 9.59 Å². The molecule has 0 aliphatic carbocycles. The van der Waals surface area contributed by atoms with Crippen molar-refractivity contribution >= 4 is 23.2 Å². The van der Waals surface area contributed by atoms with Crippen LogP contribution in [0, 0.1) is 13.8 Å². The summed E-state index contributed by atoms with van der Waals surface area (Å²) in [5.41, 5.74) is 3.83. The summed E-state index contributed by atoms with van der Waals surface area (Å²) in [6.45, 7) is 4.76. The Hall–Kier alpha value is -2.66. The van der Waals surface area contributed by atoms with Gasteiger partial charge in [-0.1, -0.05) is 30.3 Å². The second kappa shape index (κ2) is 8.99. The molecule has 0 aromatic heterocycles. The fourth-order valence-corrected chi connectivity index (χ4v) is 2.44. The highest BCUT2D eigenvalue weighted by Crippen LogP contribution is 2.17. The monoisotopic (exact) mass is 339 g/mol. The van der Waals surface area contributed by atoms with Crippen LogP contribution in [0.5, 0.6) is 0 Å². The average Bonchev–Trinajstić information content (AvgIpc) is 2.58. The number of carbonyl (C=O) groups excluding carboxylic acids is 2. The lowest BCUT2D eigenvalue weighted by Crippen LogP contribution is -2.32. The molecule has 2 N–H and O–H groups in total. The lowest BCUT2D eigenvalue weighted by Gasteiger charge is -2.17. The van der Waals surface area contributed by atoms with Crippen molar-refractivity contribution in [1.29, 1.82) is 0 Å². The van der Waals surface area contributed by atoms with Gasteiger partial charge in [-0.2, -0.15) is 0 Å². The Morgan fingerprint density at radius 2 is 1.64 bits per heavy atom. The standard InChI is InChI=1S/C20H25N3O2/c1-15-8-7-11-18(16(15)2)22-20(25)14-23(3)13-12-19(24)21-17-9-5-4-6-10-17/h4-11H,12-14H2,1-3H3,(H,21,24)(H,22,25). The van der Waals surface area contributed by atoms with E-state index in [1.165, 1.54) is 0 Å². The molecule has 0 spiro atoms. The average molecular weight is 339 g/mol. The number of carbonyl (C=O) groups is 2. The number of rotatable bonds is 7. The van der Waals surface area contributed by atoms with Gasteiger partial charge in [-0.25, -0.2) is 0 Å². The first-order valence-electron chi connectivity index (χ1n) is 8.35. The Kier molecular flexibility index (Phi) is 6.71. The summed E-state index contributed by atoms with van der Waals surface area (Å²) in [5, 5.41) is 5.77. The van der Waals surface area contributed by atoms with Gasteiger partial charge in [-0.05, 0) is 50.2 Å². The maximum atomic E-state index is 12.2. The molecule has 0 unspecified atom stereocenters. The molecule has 2 aromatic rings. The van der Waals surface area contributed by atoms with Crippen molar-refractivity contribution < 1.29 is 9.59 Å². The SMILES string of the molecule is Cc1cccc(NC(=O)CN(C)CCC(=O)Nc2ccccc2)c1C. The van der Waals surface area contributed by atoms with Crippen LogP contribution >= 0.6 is 0 Å². The van der Waals surface area contributed by atoms with E-state index in [-0.39, 0.29) is 18.4 Å². The highest BCUT2D eigenvalue weighted by Gasteiger charge is 2.10. The molecule has 2 aromatic carbocycles. The molecule has 0 saturated heterocycles. The van der Waals surface area contributed by atoms with Gasteiger partial charge < -0.3 is 10.6 Å². The summed E-state index contributed by atoms with van der Waals surface area (Å²) in [6.07, 6.45) is 0.335. The first kappa shape index (κ1) is 18.7. The maximum Gasteiger partial charge on any atom is 0.238 e. The van der Waals surface area contributed by atoms with Crippen molar-refractivity contribution in [3.05, 3.63) is 59.7 Å². The van der Waals surface area contributed by atoms with E-state index in [1.807, 2.05) is 74.3 Å². The Morgan fingerprint density at radius 1 is 0.920 bits per heavy atom. The van der Waals surface area contributed by atoms with Gasteiger partial charge in [0, 0.05) is 24.3 Å². The molecule has 0 saturated carbocycles. The molecule has 2 amide bonds. The molecule has 0 radical (unpaired) electrons. The largest absolute Gasteiger partial charge is 0.326 e. The van der Waals surface area contributed by atoms with Crippen LogP contribution in [0.1, 0.15) is 17.5 Å². The molecule has 132 valence electrons. The van der Waals surface area contributed by atoms with Gasteiger partial charge in [0.15, 0.2) is 0 Å². The second-order valence-corrected chi connectivity index (χ2v) is 6.20. The van der Waals surface area contributed by atoms with Crippen LogP contribution < -0.4 is 10.6 Å². The molecule has 0 atom stereocenters. The minimum absolute atomic E-state index is 0.0620. The van der Waals surface area contributed by atoms with Crippen LogP contribution in [0.15, 0.2) is 48.5 Å². The highest BCUT2D eigenvalue weighted by atomic mass is 16.2. The predicted octanol–water partition coefficient (Wildman–Crippen LogP) is 3.20. The number of nitrogens with one attached hydrogen (secondary N) is 2. The van der Waals surface area contributed by atoms with Gasteiger partial charge in [0.25, 0.3) is 0 Å². The predicted molar refractivity (Wildman–Crippen MR) is 102 cm³/mol. The smallest absolute Gasteiger partial charge is 0.238 e. The maximum absolute atomic E-state index is 12.2. The fourth-order valence-electron chi connectivity index (χ4n) is 2.44. The third-order valence-corrected chi connectivity index (χ3v) is 4.07. The first-order chi connectivity index (χ1) is 12.0. The molecule has 0 aliphatic heterocycles. The van der Waals surface area contributed by atoms with E-state index in [9.17, 15) is 9.59 Å². The zero-order valence-electron chi connectivity index (χ0n) is 15.0. The number of nitrogens with zero attached hydrogens (tertiary/aromatic N) is 1. The molecule has 0 bridgehead atoms. The first-order valence-corrected chi connectivity index (χ1v) is 8.35. The Balaban J connectivity index is 1.76. The molecule has 5 nitrogen and oxygen atoms in total. The van der Waals surface area contributed by atoms with Gasteiger partial charge in [0.2, 0.25) is 11.8 Å². The summed E-state index contributed by atoms with van der Waals surface area (Å²) in [5.74, 6) is -0.146. The van der Waals surface area contributed by atoms with Crippen molar-refractivity contribution in [2.24, 2.45) is 0 Å². The van der Waals surface area contributed by atoms with Gasteiger partial charge in [0.1, 0.15) is 0 Å². The van der Waals surface area contributed by atoms with Crippen molar-refractivity contribution in [3.63, 3.8) is 0 Å². The van der Waals surface area contributed by atoms with E-state index in [2.05, 4.69) is 10.6 Å². The lowest BCUT2D eigenvalue weighted by atomic mass is 10.1. The number of benzene rings is 2. The highest BCUT2D eigenvalue weighted by molar-refractivity contribution is 5.93. The lowest BCUT2D eigenvalue weighted by molar-refractivity contribution is -0.119. The zero-order valence-corrected chi connectivity index (χ0v) is 15.0. The molecule has 0 aliphatic rings. The third-order valence-electron chi connectivity index (χ3n) is 4.07. The number of hydrogen-bond donors (Lipinski definition) is 2. The number of amides is 2. The summed E-state index contributed by atoms with van der Waals surface area (Å²) in [4.78, 5) is 25.9. The topological polar surface area (TPSA) is 61.4 Å². The van der Waals surface area contributed by atoms with E-state index in [1.54, 1.807) is 0 Å². The third kappa shape index (κ3) is 6.04. The Bertz CT molecular complexity index is 729. The Labute approximate surface area is 149 Å². The molecular weight excluding hydrogens is 314 g/mol. The van der Waals surface area contributed by atoms with Crippen molar-refractivity contribution in [2.75, 3.05) is 30.8 Å². The number of aryl methyl sites for hydroxylation is 1. The van der Waals surface area contributed by atoms with Crippen LogP contribution in [0.2, 0.25) is 0 Å². The number of hydrogen-bond acceptors (Lipinski definition) is 3. The normalized spacial score (nSPS) is 10.6. The Morgan fingerprint density at radius 3 is 2.36 bits per heavy atom. The van der Waals surface area contributed by atoms with Gasteiger partial charge >= 0.3 is 0 Å². The molecule has 0 heterocycles. The van der Waals surface area contributed by atoms with Crippen molar-refractivity contribution in [1.82, 2.24) is 4.90 Å². The van der Waals surface area contributed by atoms with Crippen LogP contribution in [0.3, 0.4) is 0 Å². The van der Waals surface area contributed by atoms with Gasteiger partial charge in [-0.3, -0.25) is 14.5 Å². The summed E-state index contributed by atoms with van der Waals surface area (Å²) in [6, 6.07) is 15.2. The fraction of sp³-hybridized carbons (Fsp3) is 0.300. The zero-order chi connectivity index (χ0) is 18.2. The number of anilines is 2. The van der Waals surface area contributed by atoms with Crippen LogP contribution in [0.4, 0.5) is 11.4 Å². The van der Waals surface area contributed by atoms with E-state index in [0.29, 0.717) is 13.0 Å². The molecule has 5 heteroatoms. The van der Waals surface area contributed by atoms with E-state index in [0.717, 1.165) is 22.5 Å². The van der Waals surface area contributed by atoms with E-state index in [4.69, 9.17) is 0 Å². The van der Waals surface area contributed by atoms with Crippen LogP contribution in [0.25, 0.3) is 0 Å². The van der Waals surface area contributed by atoms with E-state index >= 15 is 0 Å². The summed E-state index contributed by atoms with van der Waals surface area (Å²) < 4.78 is 0. The minimum atomic E-state index is -0.0836. The van der Waals surface area contributed by atoms with Crippen LogP contribution in [-0.4, -0.2) is 36.9 Å². The molecule has 2 rings (SSSR count). The van der Waals surface area contributed by atoms with E-state index < -0.39 is 0 Å². The minimum Gasteiger partial charge on any atom is -0.326 e. The van der Waals surface area contributed by atoms with Crippen molar-refractivity contribution in [3.8, 4) is 0 Å². The number of likely N-dealkylation sites (N-methyl/N-ethyl adjacent to an activating group) is 1. The quantitative estimate of drug-likeness (QED) is 0.814.